The van der Waals surface area contributed by atoms with E-state index in [0.717, 1.165) is 0 Å². The van der Waals surface area contributed by atoms with E-state index >= 15 is 0 Å². The Bertz CT molecular complexity index is 354. The fourth-order valence-corrected chi connectivity index (χ4v) is 1.19. The molecule has 6 nitrogen and oxygen atoms in total. The summed E-state index contributed by atoms with van der Waals surface area (Å²) in [5, 5.41) is 2.67. The second kappa shape index (κ2) is 8.43. The van der Waals surface area contributed by atoms with Crippen LogP contribution in [-0.2, 0) is 14.3 Å². The van der Waals surface area contributed by atoms with Crippen LogP contribution >= 0.6 is 0 Å². The molecule has 1 heterocycles. The Balaban J connectivity index is 2.30. The van der Waals surface area contributed by atoms with E-state index in [1.807, 2.05) is 6.92 Å². The number of hydrogen-bond donors (Lipinski definition) is 1. The maximum atomic E-state index is 11.5. The first kappa shape index (κ1) is 14.4. The number of carbonyl (C=O) groups is 1. The van der Waals surface area contributed by atoms with Gasteiger partial charge in [0.1, 0.15) is 6.61 Å². The average molecular weight is 254 g/mol. The molecule has 0 aliphatic rings. The molecule has 0 aliphatic heterocycles. The molecule has 1 aromatic rings. The summed E-state index contributed by atoms with van der Waals surface area (Å²) in [7, 11) is 1.58. The molecule has 0 saturated heterocycles. The minimum atomic E-state index is -0.225. The molecule has 1 N–H and O–H groups in total. The Kier molecular flexibility index (Phi) is 6.75. The highest BCUT2D eigenvalue weighted by Gasteiger charge is 2.03. The zero-order chi connectivity index (χ0) is 13.2. The van der Waals surface area contributed by atoms with Crippen LogP contribution in [0.3, 0.4) is 0 Å². The van der Waals surface area contributed by atoms with Crippen molar-refractivity contribution in [2.24, 2.45) is 0 Å². The fourth-order valence-electron chi connectivity index (χ4n) is 1.19. The van der Waals surface area contributed by atoms with E-state index in [0.29, 0.717) is 31.4 Å². The first-order chi connectivity index (χ1) is 8.76. The highest BCUT2D eigenvalue weighted by Crippen LogP contribution is 2.11. The van der Waals surface area contributed by atoms with Crippen molar-refractivity contribution in [3.05, 3.63) is 18.3 Å². The minimum absolute atomic E-state index is 0.00340. The number of ether oxygens (including phenoxy) is 3. The summed E-state index contributed by atoms with van der Waals surface area (Å²) in [6.07, 6.45) is 1.54. The molecule has 1 rings (SSSR count). The van der Waals surface area contributed by atoms with Gasteiger partial charge in [-0.1, -0.05) is 0 Å². The van der Waals surface area contributed by atoms with E-state index in [4.69, 9.17) is 14.2 Å². The highest BCUT2D eigenvalue weighted by molar-refractivity contribution is 5.91. The minimum Gasteiger partial charge on any atom is -0.478 e. The molecule has 1 amide bonds. The molecule has 1 aromatic heterocycles. The quantitative estimate of drug-likeness (QED) is 0.703. The number of methoxy groups -OCH3 is 1. The summed E-state index contributed by atoms with van der Waals surface area (Å²) in [4.78, 5) is 15.5. The van der Waals surface area contributed by atoms with Crippen molar-refractivity contribution in [3.8, 4) is 5.88 Å². The molecule has 0 fully saturated rings. The molecule has 6 heteroatoms. The zero-order valence-corrected chi connectivity index (χ0v) is 10.6. The summed E-state index contributed by atoms with van der Waals surface area (Å²) in [5.41, 5.74) is 0.610. The molecule has 0 saturated carbocycles. The normalized spacial score (nSPS) is 10.1. The van der Waals surface area contributed by atoms with Crippen LogP contribution in [0.1, 0.15) is 6.92 Å². The molecule has 0 unspecified atom stereocenters. The van der Waals surface area contributed by atoms with Crippen LogP contribution in [0.25, 0.3) is 0 Å². The van der Waals surface area contributed by atoms with Crippen LogP contribution in [0, 0.1) is 0 Å². The summed E-state index contributed by atoms with van der Waals surface area (Å²) >= 11 is 0. The first-order valence-electron chi connectivity index (χ1n) is 5.71. The van der Waals surface area contributed by atoms with Crippen LogP contribution in [0.5, 0.6) is 5.88 Å². The van der Waals surface area contributed by atoms with Gasteiger partial charge in [-0.3, -0.25) is 4.79 Å². The van der Waals surface area contributed by atoms with Gasteiger partial charge in [-0.2, -0.15) is 0 Å². The van der Waals surface area contributed by atoms with Crippen LogP contribution < -0.4 is 10.1 Å². The lowest BCUT2D eigenvalue weighted by Gasteiger charge is -2.06. The van der Waals surface area contributed by atoms with E-state index in [-0.39, 0.29) is 12.5 Å². The van der Waals surface area contributed by atoms with Gasteiger partial charge in [0.15, 0.2) is 0 Å². The number of nitrogens with zero attached hydrogens (tertiary/aromatic N) is 1. The second-order valence-corrected chi connectivity index (χ2v) is 3.41. The van der Waals surface area contributed by atoms with Gasteiger partial charge < -0.3 is 19.5 Å². The fraction of sp³-hybridized carbons (Fsp3) is 0.500. The van der Waals surface area contributed by atoms with E-state index < -0.39 is 0 Å². The molecule has 0 radical (unpaired) electrons. The molecule has 0 aromatic carbocycles. The summed E-state index contributed by atoms with van der Waals surface area (Å²) in [6, 6.07) is 3.43. The van der Waals surface area contributed by atoms with E-state index in [1.54, 1.807) is 19.2 Å². The third kappa shape index (κ3) is 5.60. The average Bonchev–Trinajstić information content (AvgIpc) is 2.37. The van der Waals surface area contributed by atoms with Gasteiger partial charge in [0, 0.05) is 13.2 Å². The smallest absolute Gasteiger partial charge is 0.250 e. The molecule has 100 valence electrons. The number of hydrogen-bond acceptors (Lipinski definition) is 5. The van der Waals surface area contributed by atoms with E-state index in [2.05, 4.69) is 10.3 Å². The summed E-state index contributed by atoms with van der Waals surface area (Å²) in [5.74, 6) is 0.309. The Hall–Kier alpha value is -1.66. The number of anilines is 1. The SMILES string of the molecule is CCOc1ccc(NC(=O)COCCOC)cn1. The largest absolute Gasteiger partial charge is 0.478 e. The lowest BCUT2D eigenvalue weighted by atomic mass is 10.4. The van der Waals surface area contributed by atoms with Gasteiger partial charge in [-0.15, -0.1) is 0 Å². The lowest BCUT2D eigenvalue weighted by molar-refractivity contribution is -0.121. The van der Waals surface area contributed by atoms with Crippen LogP contribution in [0.15, 0.2) is 18.3 Å². The molecule has 18 heavy (non-hydrogen) atoms. The predicted octanol–water partition coefficient (Wildman–Crippen LogP) is 1.08. The number of amides is 1. The van der Waals surface area contributed by atoms with Gasteiger partial charge in [0.25, 0.3) is 0 Å². The van der Waals surface area contributed by atoms with Gasteiger partial charge >= 0.3 is 0 Å². The van der Waals surface area contributed by atoms with Crippen molar-refractivity contribution in [2.45, 2.75) is 6.92 Å². The van der Waals surface area contributed by atoms with E-state index in [1.165, 1.54) is 6.20 Å². The van der Waals surface area contributed by atoms with Crippen molar-refractivity contribution in [3.63, 3.8) is 0 Å². The van der Waals surface area contributed by atoms with Crippen molar-refractivity contribution < 1.29 is 19.0 Å². The number of carbonyl (C=O) groups excluding carboxylic acids is 1. The van der Waals surface area contributed by atoms with Crippen molar-refractivity contribution in [1.29, 1.82) is 0 Å². The Morgan fingerprint density at radius 3 is 2.83 bits per heavy atom. The number of pyridine rings is 1. The third-order valence-electron chi connectivity index (χ3n) is 1.98. The van der Waals surface area contributed by atoms with Gasteiger partial charge in [-0.05, 0) is 13.0 Å². The van der Waals surface area contributed by atoms with Gasteiger partial charge in [0.05, 0.1) is 31.7 Å². The summed E-state index contributed by atoms with van der Waals surface area (Å²) in [6.45, 7) is 3.31. The van der Waals surface area contributed by atoms with Gasteiger partial charge in [-0.25, -0.2) is 4.98 Å². The van der Waals surface area contributed by atoms with Crippen molar-refractivity contribution in [2.75, 3.05) is 38.9 Å². The molecular weight excluding hydrogens is 236 g/mol. The number of rotatable bonds is 8. The van der Waals surface area contributed by atoms with Crippen molar-refractivity contribution in [1.82, 2.24) is 4.98 Å². The first-order valence-corrected chi connectivity index (χ1v) is 5.71. The second-order valence-electron chi connectivity index (χ2n) is 3.41. The van der Waals surface area contributed by atoms with Crippen LogP contribution in [0.4, 0.5) is 5.69 Å². The molecule has 0 spiro atoms. The Morgan fingerprint density at radius 1 is 1.39 bits per heavy atom. The molecular formula is C12H18N2O4. The third-order valence-corrected chi connectivity index (χ3v) is 1.98. The molecule has 0 atom stereocenters. The molecule has 0 aliphatic carbocycles. The zero-order valence-electron chi connectivity index (χ0n) is 10.6. The van der Waals surface area contributed by atoms with Crippen LogP contribution in [-0.4, -0.2) is 44.4 Å². The van der Waals surface area contributed by atoms with Gasteiger partial charge in [0.2, 0.25) is 11.8 Å². The number of nitrogens with one attached hydrogen (secondary N) is 1. The maximum Gasteiger partial charge on any atom is 0.250 e. The van der Waals surface area contributed by atoms with Crippen LogP contribution in [0.2, 0.25) is 0 Å². The molecule has 0 bridgehead atoms. The standard InChI is InChI=1S/C12H18N2O4/c1-3-18-12-5-4-10(8-13-12)14-11(15)9-17-7-6-16-2/h4-5,8H,3,6-7,9H2,1-2H3,(H,14,15). The monoisotopic (exact) mass is 254 g/mol. The topological polar surface area (TPSA) is 69.7 Å². The Labute approximate surface area is 106 Å². The maximum absolute atomic E-state index is 11.5. The van der Waals surface area contributed by atoms with Crippen molar-refractivity contribution >= 4 is 11.6 Å². The lowest BCUT2D eigenvalue weighted by Crippen LogP contribution is -2.19. The Morgan fingerprint density at radius 2 is 2.22 bits per heavy atom. The summed E-state index contributed by atoms with van der Waals surface area (Å²) < 4.78 is 15.1. The predicted molar refractivity (Wildman–Crippen MR) is 66.7 cm³/mol. The highest BCUT2D eigenvalue weighted by atomic mass is 16.5. The number of aromatic nitrogens is 1. The van der Waals surface area contributed by atoms with E-state index in [9.17, 15) is 4.79 Å².